The average molecular weight is 473 g/mol. The predicted molar refractivity (Wildman–Crippen MR) is 123 cm³/mol. The van der Waals surface area contributed by atoms with Crippen LogP contribution < -0.4 is 15.0 Å². The maximum absolute atomic E-state index is 14.2. The van der Waals surface area contributed by atoms with Gasteiger partial charge in [0.1, 0.15) is 5.82 Å². The SMILES string of the molecule is CCOc1ccc(S(=O)(=O)N2CCN(c3ccc(Nc4cccc(C)n4)nn3)CC2)cc1F. The highest BCUT2D eigenvalue weighted by molar-refractivity contribution is 7.89. The van der Waals surface area contributed by atoms with Crippen LogP contribution in [-0.4, -0.2) is 60.7 Å². The van der Waals surface area contributed by atoms with Crippen molar-refractivity contribution in [2.75, 3.05) is 43.0 Å². The fraction of sp³-hybridized carbons (Fsp3) is 0.318. The molecule has 9 nitrogen and oxygen atoms in total. The van der Waals surface area contributed by atoms with E-state index in [9.17, 15) is 12.8 Å². The van der Waals surface area contributed by atoms with E-state index in [4.69, 9.17) is 4.74 Å². The molecule has 33 heavy (non-hydrogen) atoms. The van der Waals surface area contributed by atoms with Crippen LogP contribution in [0.1, 0.15) is 12.6 Å². The number of piperazine rings is 1. The molecule has 11 heteroatoms. The van der Waals surface area contributed by atoms with Crippen LogP contribution in [-0.2, 0) is 10.0 Å². The van der Waals surface area contributed by atoms with Crippen molar-refractivity contribution in [2.24, 2.45) is 0 Å². The Hall–Kier alpha value is -3.31. The molecule has 174 valence electrons. The summed E-state index contributed by atoms with van der Waals surface area (Å²) in [6.07, 6.45) is 0. The number of rotatable bonds is 7. The van der Waals surface area contributed by atoms with E-state index in [0.29, 0.717) is 37.1 Å². The molecule has 3 aromatic rings. The first kappa shape index (κ1) is 22.9. The minimum atomic E-state index is -3.81. The smallest absolute Gasteiger partial charge is 0.243 e. The van der Waals surface area contributed by atoms with Crippen LogP contribution in [0.15, 0.2) is 53.4 Å². The molecule has 0 saturated carbocycles. The van der Waals surface area contributed by atoms with Gasteiger partial charge in [-0.2, -0.15) is 4.31 Å². The number of anilines is 3. The first-order valence-corrected chi connectivity index (χ1v) is 12.0. The van der Waals surface area contributed by atoms with Crippen LogP contribution in [0.5, 0.6) is 5.75 Å². The number of aryl methyl sites for hydroxylation is 1. The molecule has 1 saturated heterocycles. The lowest BCUT2D eigenvalue weighted by Crippen LogP contribution is -2.49. The van der Waals surface area contributed by atoms with Gasteiger partial charge in [-0.1, -0.05) is 6.07 Å². The van der Waals surface area contributed by atoms with Crippen LogP contribution >= 0.6 is 0 Å². The summed E-state index contributed by atoms with van der Waals surface area (Å²) in [5, 5.41) is 11.6. The first-order chi connectivity index (χ1) is 15.9. The molecule has 1 aliphatic rings. The van der Waals surface area contributed by atoms with Gasteiger partial charge in [-0.3, -0.25) is 0 Å². The van der Waals surface area contributed by atoms with E-state index >= 15 is 0 Å². The summed E-state index contributed by atoms with van der Waals surface area (Å²) < 4.78 is 46.6. The Morgan fingerprint density at radius 1 is 1.03 bits per heavy atom. The van der Waals surface area contributed by atoms with E-state index in [0.717, 1.165) is 11.8 Å². The largest absolute Gasteiger partial charge is 0.491 e. The third-order valence-corrected chi connectivity index (χ3v) is 7.09. The van der Waals surface area contributed by atoms with E-state index in [1.807, 2.05) is 36.1 Å². The van der Waals surface area contributed by atoms with Gasteiger partial charge in [0.25, 0.3) is 0 Å². The van der Waals surface area contributed by atoms with Crippen molar-refractivity contribution in [2.45, 2.75) is 18.7 Å². The predicted octanol–water partition coefficient (Wildman–Crippen LogP) is 2.97. The number of hydrogen-bond donors (Lipinski definition) is 1. The van der Waals surface area contributed by atoms with Gasteiger partial charge in [0, 0.05) is 31.9 Å². The highest BCUT2D eigenvalue weighted by atomic mass is 32.2. The molecule has 3 heterocycles. The zero-order valence-electron chi connectivity index (χ0n) is 18.4. The zero-order chi connectivity index (χ0) is 23.4. The van der Waals surface area contributed by atoms with Crippen LogP contribution in [0.4, 0.5) is 21.8 Å². The Labute approximate surface area is 192 Å². The summed E-state index contributed by atoms with van der Waals surface area (Å²) in [7, 11) is -3.81. The van der Waals surface area contributed by atoms with Crippen molar-refractivity contribution >= 4 is 27.5 Å². The highest BCUT2D eigenvalue weighted by Crippen LogP contribution is 2.25. The van der Waals surface area contributed by atoms with Crippen molar-refractivity contribution in [3.05, 3.63) is 60.0 Å². The monoisotopic (exact) mass is 472 g/mol. The van der Waals surface area contributed by atoms with E-state index in [1.165, 1.54) is 16.4 Å². The average Bonchev–Trinajstić information content (AvgIpc) is 2.81. The fourth-order valence-electron chi connectivity index (χ4n) is 3.53. The number of pyridine rings is 1. The van der Waals surface area contributed by atoms with Gasteiger partial charge in [0.2, 0.25) is 10.0 Å². The highest BCUT2D eigenvalue weighted by Gasteiger charge is 2.29. The van der Waals surface area contributed by atoms with Gasteiger partial charge in [0.05, 0.1) is 11.5 Å². The van der Waals surface area contributed by atoms with E-state index < -0.39 is 15.8 Å². The van der Waals surface area contributed by atoms with Crippen LogP contribution in [0.3, 0.4) is 0 Å². The van der Waals surface area contributed by atoms with Gasteiger partial charge in [0.15, 0.2) is 23.2 Å². The molecular formula is C22H25FN6O3S. The van der Waals surface area contributed by atoms with Gasteiger partial charge >= 0.3 is 0 Å². The molecule has 4 rings (SSSR count). The number of nitrogens with one attached hydrogen (secondary N) is 1. The van der Waals surface area contributed by atoms with Crippen molar-refractivity contribution in [3.63, 3.8) is 0 Å². The van der Waals surface area contributed by atoms with Gasteiger partial charge in [-0.05, 0) is 56.3 Å². The number of halogens is 1. The third kappa shape index (κ3) is 5.20. The fourth-order valence-corrected chi connectivity index (χ4v) is 4.96. The second kappa shape index (κ2) is 9.67. The summed E-state index contributed by atoms with van der Waals surface area (Å²) in [4.78, 5) is 6.25. The first-order valence-electron chi connectivity index (χ1n) is 10.6. The Bertz CT molecular complexity index is 1220. The van der Waals surface area contributed by atoms with Crippen LogP contribution in [0.2, 0.25) is 0 Å². The molecule has 0 aliphatic carbocycles. The van der Waals surface area contributed by atoms with Gasteiger partial charge in [-0.15, -0.1) is 10.2 Å². The van der Waals surface area contributed by atoms with Gasteiger partial charge in [-0.25, -0.2) is 17.8 Å². The van der Waals surface area contributed by atoms with Crippen LogP contribution in [0.25, 0.3) is 0 Å². The van der Waals surface area contributed by atoms with E-state index in [1.54, 1.807) is 13.0 Å². The number of hydrogen-bond acceptors (Lipinski definition) is 8. The van der Waals surface area contributed by atoms with E-state index in [-0.39, 0.29) is 23.7 Å². The lowest BCUT2D eigenvalue weighted by Gasteiger charge is -2.34. The maximum Gasteiger partial charge on any atom is 0.243 e. The Balaban J connectivity index is 1.38. The normalized spacial score (nSPS) is 14.8. The molecule has 0 atom stereocenters. The number of nitrogens with zero attached hydrogens (tertiary/aromatic N) is 5. The molecule has 2 aromatic heterocycles. The molecule has 1 fully saturated rings. The van der Waals surface area contributed by atoms with Crippen molar-refractivity contribution in [1.29, 1.82) is 0 Å². The maximum atomic E-state index is 14.2. The Morgan fingerprint density at radius 2 is 1.82 bits per heavy atom. The second-order valence-corrected chi connectivity index (χ2v) is 9.42. The van der Waals surface area contributed by atoms with Crippen LogP contribution in [0, 0.1) is 12.7 Å². The Kier molecular flexibility index (Phi) is 6.70. The third-order valence-electron chi connectivity index (χ3n) is 5.20. The molecule has 0 bridgehead atoms. The van der Waals surface area contributed by atoms with Crippen molar-refractivity contribution in [1.82, 2.24) is 19.5 Å². The number of benzene rings is 1. The van der Waals surface area contributed by atoms with Gasteiger partial charge < -0.3 is 15.0 Å². The topological polar surface area (TPSA) is 101 Å². The summed E-state index contributed by atoms with van der Waals surface area (Å²) in [6, 6.07) is 13.0. The van der Waals surface area contributed by atoms with E-state index in [2.05, 4.69) is 20.5 Å². The molecule has 1 aromatic carbocycles. The molecule has 1 N–H and O–H groups in total. The second-order valence-electron chi connectivity index (χ2n) is 7.48. The zero-order valence-corrected chi connectivity index (χ0v) is 19.2. The summed E-state index contributed by atoms with van der Waals surface area (Å²) >= 11 is 0. The molecule has 0 amide bonds. The molecule has 0 radical (unpaired) electrons. The standard InChI is InChI=1S/C22H25FN6O3S/c1-3-32-19-8-7-17(15-18(19)23)33(30,31)29-13-11-28(12-14-29)22-10-9-21(26-27-22)25-20-6-4-5-16(2)24-20/h4-10,15H,3,11-14H2,1-2H3,(H,24,25,26). The molecule has 0 unspecified atom stereocenters. The number of ether oxygens (including phenoxy) is 1. The molecule has 0 spiro atoms. The number of aromatic nitrogens is 3. The number of sulfonamides is 1. The Morgan fingerprint density at radius 3 is 2.45 bits per heavy atom. The van der Waals surface area contributed by atoms with Crippen molar-refractivity contribution in [3.8, 4) is 5.75 Å². The van der Waals surface area contributed by atoms with Crippen molar-refractivity contribution < 1.29 is 17.5 Å². The molecule has 1 aliphatic heterocycles. The minimum Gasteiger partial charge on any atom is -0.491 e. The summed E-state index contributed by atoms with van der Waals surface area (Å²) in [5.41, 5.74) is 0.894. The lowest BCUT2D eigenvalue weighted by atomic mass is 10.3. The lowest BCUT2D eigenvalue weighted by molar-refractivity contribution is 0.321. The minimum absolute atomic E-state index is 0.0379. The summed E-state index contributed by atoms with van der Waals surface area (Å²) in [5.74, 6) is 1.25. The molecular weight excluding hydrogens is 447 g/mol. The summed E-state index contributed by atoms with van der Waals surface area (Å²) in [6.45, 7) is 5.34. The quantitative estimate of drug-likeness (QED) is 0.560.